The first-order chi connectivity index (χ1) is 13.2. The lowest BCUT2D eigenvalue weighted by atomic mass is 10.2. The van der Waals surface area contributed by atoms with Gasteiger partial charge in [0, 0.05) is 5.69 Å². The Bertz CT molecular complexity index is 962. The minimum absolute atomic E-state index is 0.00986. The molecule has 1 N–H and O–H groups in total. The predicted molar refractivity (Wildman–Crippen MR) is 96.0 cm³/mol. The van der Waals surface area contributed by atoms with Gasteiger partial charge in [0.1, 0.15) is 12.3 Å². The Kier molecular flexibility index (Phi) is 5.94. The van der Waals surface area contributed by atoms with E-state index in [4.69, 9.17) is 16.0 Å². The summed E-state index contributed by atoms with van der Waals surface area (Å²) in [5, 5.41) is 13.0. The molecular formula is C16H13ClF3N5O2S. The Morgan fingerprint density at radius 3 is 2.86 bits per heavy atom. The fourth-order valence-corrected chi connectivity index (χ4v) is 3.22. The number of tetrazole rings is 1. The SMILES string of the molecule is C[C@H](Sc1nnnn1Cc1ccco1)C(=O)Nc1ccc(Cl)c(C(F)(F)F)c1. The maximum Gasteiger partial charge on any atom is 0.417 e. The van der Waals surface area contributed by atoms with Gasteiger partial charge in [0.2, 0.25) is 11.1 Å². The quantitative estimate of drug-likeness (QED) is 0.591. The van der Waals surface area contributed by atoms with Crippen LogP contribution in [0.5, 0.6) is 0 Å². The van der Waals surface area contributed by atoms with Gasteiger partial charge in [-0.2, -0.15) is 13.2 Å². The van der Waals surface area contributed by atoms with Crippen molar-refractivity contribution in [3.8, 4) is 0 Å². The fourth-order valence-electron chi connectivity index (χ4n) is 2.21. The first kappa shape index (κ1) is 20.2. The molecule has 1 amide bonds. The number of thioether (sulfide) groups is 1. The van der Waals surface area contributed by atoms with Gasteiger partial charge >= 0.3 is 6.18 Å². The highest BCUT2D eigenvalue weighted by Gasteiger charge is 2.33. The zero-order chi connectivity index (χ0) is 20.3. The maximum absolute atomic E-state index is 12.9. The summed E-state index contributed by atoms with van der Waals surface area (Å²) in [5.41, 5.74) is -1.03. The van der Waals surface area contributed by atoms with Crippen molar-refractivity contribution in [2.24, 2.45) is 0 Å². The van der Waals surface area contributed by atoms with Crippen LogP contribution in [0.2, 0.25) is 5.02 Å². The number of nitrogens with zero attached hydrogens (tertiary/aromatic N) is 4. The summed E-state index contributed by atoms with van der Waals surface area (Å²) < 4.78 is 45.5. The summed E-state index contributed by atoms with van der Waals surface area (Å²) in [7, 11) is 0. The standard InChI is InChI=1S/C16H13ClF3N5O2S/c1-9(28-15-22-23-24-25(15)8-11-3-2-6-27-11)14(26)21-10-4-5-13(17)12(7-10)16(18,19)20/h2-7,9H,8H2,1H3,(H,21,26)/t9-/m0/s1. The zero-order valence-electron chi connectivity index (χ0n) is 14.3. The summed E-state index contributed by atoms with van der Waals surface area (Å²) in [4.78, 5) is 12.4. The molecule has 0 aliphatic rings. The third kappa shape index (κ3) is 4.84. The molecule has 0 saturated heterocycles. The summed E-state index contributed by atoms with van der Waals surface area (Å²) in [5.74, 6) is 0.125. The average molecular weight is 432 g/mol. The Labute approximate surface area is 166 Å². The highest BCUT2D eigenvalue weighted by molar-refractivity contribution is 8.00. The summed E-state index contributed by atoms with van der Waals surface area (Å²) in [6.45, 7) is 1.87. The highest BCUT2D eigenvalue weighted by atomic mass is 35.5. The average Bonchev–Trinajstić information content (AvgIpc) is 3.28. The number of alkyl halides is 3. The second-order valence-corrected chi connectivity index (χ2v) is 7.36. The molecule has 28 heavy (non-hydrogen) atoms. The van der Waals surface area contributed by atoms with Crippen molar-refractivity contribution in [3.05, 3.63) is 52.9 Å². The fraction of sp³-hybridized carbons (Fsp3) is 0.250. The molecular weight excluding hydrogens is 419 g/mol. The Balaban J connectivity index is 1.67. The lowest BCUT2D eigenvalue weighted by Gasteiger charge is -2.14. The second kappa shape index (κ2) is 8.23. The molecule has 0 aliphatic carbocycles. The van der Waals surface area contributed by atoms with Gasteiger partial charge in [-0.1, -0.05) is 23.4 Å². The Morgan fingerprint density at radius 2 is 2.18 bits per heavy atom. The molecule has 0 fully saturated rings. The van der Waals surface area contributed by atoms with Gasteiger partial charge in [-0.05, 0) is 47.7 Å². The number of amides is 1. The number of hydrogen-bond acceptors (Lipinski definition) is 6. The molecule has 0 spiro atoms. The normalized spacial score (nSPS) is 12.8. The van der Waals surface area contributed by atoms with Gasteiger partial charge in [0.05, 0.1) is 22.1 Å². The maximum atomic E-state index is 12.9. The van der Waals surface area contributed by atoms with Crippen LogP contribution in [0.3, 0.4) is 0 Å². The van der Waals surface area contributed by atoms with Crippen LogP contribution in [0.15, 0.2) is 46.2 Å². The van der Waals surface area contributed by atoms with Crippen LogP contribution in [0.4, 0.5) is 18.9 Å². The molecule has 3 rings (SSSR count). The van der Waals surface area contributed by atoms with E-state index in [9.17, 15) is 18.0 Å². The van der Waals surface area contributed by atoms with Gasteiger partial charge in [-0.3, -0.25) is 4.79 Å². The number of benzene rings is 1. The summed E-state index contributed by atoms with van der Waals surface area (Å²) in [6.07, 6.45) is -3.10. The van der Waals surface area contributed by atoms with E-state index in [0.717, 1.165) is 23.9 Å². The molecule has 0 radical (unpaired) electrons. The smallest absolute Gasteiger partial charge is 0.417 e. The topological polar surface area (TPSA) is 85.8 Å². The lowest BCUT2D eigenvalue weighted by molar-refractivity contribution is -0.137. The van der Waals surface area contributed by atoms with Crippen LogP contribution in [-0.2, 0) is 17.5 Å². The van der Waals surface area contributed by atoms with Crippen molar-refractivity contribution in [1.82, 2.24) is 20.2 Å². The van der Waals surface area contributed by atoms with E-state index < -0.39 is 27.9 Å². The molecule has 2 aromatic heterocycles. The van der Waals surface area contributed by atoms with E-state index in [1.54, 1.807) is 19.1 Å². The molecule has 0 unspecified atom stereocenters. The molecule has 12 heteroatoms. The van der Waals surface area contributed by atoms with Gasteiger partial charge in [0.25, 0.3) is 0 Å². The predicted octanol–water partition coefficient (Wildman–Crippen LogP) is 4.11. The minimum atomic E-state index is -4.62. The monoisotopic (exact) mass is 431 g/mol. The van der Waals surface area contributed by atoms with Gasteiger partial charge in [-0.25, -0.2) is 4.68 Å². The van der Waals surface area contributed by atoms with Crippen molar-refractivity contribution in [1.29, 1.82) is 0 Å². The van der Waals surface area contributed by atoms with Crippen molar-refractivity contribution in [3.63, 3.8) is 0 Å². The van der Waals surface area contributed by atoms with E-state index in [0.29, 0.717) is 10.9 Å². The first-order valence-corrected chi connectivity index (χ1v) is 9.12. The number of carbonyl (C=O) groups is 1. The van der Waals surface area contributed by atoms with Crippen LogP contribution in [-0.4, -0.2) is 31.4 Å². The number of carbonyl (C=O) groups excluding carboxylic acids is 1. The Hall–Kier alpha value is -2.53. The van der Waals surface area contributed by atoms with E-state index in [2.05, 4.69) is 20.8 Å². The molecule has 1 atom stereocenters. The lowest BCUT2D eigenvalue weighted by Crippen LogP contribution is -2.23. The molecule has 0 aliphatic heterocycles. The first-order valence-electron chi connectivity index (χ1n) is 7.87. The third-order valence-corrected chi connectivity index (χ3v) is 4.98. The van der Waals surface area contributed by atoms with E-state index in [1.807, 2.05) is 0 Å². The largest absolute Gasteiger partial charge is 0.467 e. The van der Waals surface area contributed by atoms with Gasteiger partial charge < -0.3 is 9.73 Å². The summed E-state index contributed by atoms with van der Waals surface area (Å²) >= 11 is 6.64. The number of nitrogens with one attached hydrogen (secondary N) is 1. The number of furan rings is 1. The van der Waals surface area contributed by atoms with E-state index in [-0.39, 0.29) is 12.2 Å². The van der Waals surface area contributed by atoms with Crippen LogP contribution >= 0.6 is 23.4 Å². The van der Waals surface area contributed by atoms with Gasteiger partial charge in [-0.15, -0.1) is 5.10 Å². The zero-order valence-corrected chi connectivity index (χ0v) is 15.8. The van der Waals surface area contributed by atoms with Crippen molar-refractivity contribution < 1.29 is 22.4 Å². The van der Waals surface area contributed by atoms with Crippen LogP contribution in [0, 0.1) is 0 Å². The van der Waals surface area contributed by atoms with Crippen LogP contribution in [0.1, 0.15) is 18.2 Å². The van der Waals surface area contributed by atoms with Crippen LogP contribution in [0.25, 0.3) is 0 Å². The van der Waals surface area contributed by atoms with Crippen molar-refractivity contribution >= 4 is 35.0 Å². The number of halogens is 4. The van der Waals surface area contributed by atoms with Crippen molar-refractivity contribution in [2.45, 2.75) is 30.1 Å². The van der Waals surface area contributed by atoms with E-state index in [1.165, 1.54) is 17.0 Å². The van der Waals surface area contributed by atoms with E-state index >= 15 is 0 Å². The second-order valence-electron chi connectivity index (χ2n) is 5.64. The third-order valence-electron chi connectivity index (χ3n) is 3.58. The van der Waals surface area contributed by atoms with Crippen molar-refractivity contribution in [2.75, 3.05) is 5.32 Å². The molecule has 148 valence electrons. The number of hydrogen-bond donors (Lipinski definition) is 1. The number of rotatable bonds is 6. The Morgan fingerprint density at radius 1 is 1.39 bits per heavy atom. The highest BCUT2D eigenvalue weighted by Crippen LogP contribution is 2.36. The molecule has 3 aromatic rings. The minimum Gasteiger partial charge on any atom is -0.467 e. The van der Waals surface area contributed by atoms with Crippen LogP contribution < -0.4 is 5.32 Å². The van der Waals surface area contributed by atoms with Gasteiger partial charge in [0.15, 0.2) is 0 Å². The summed E-state index contributed by atoms with van der Waals surface area (Å²) in [6, 6.07) is 6.66. The number of anilines is 1. The molecule has 1 aromatic carbocycles. The number of aromatic nitrogens is 4. The molecule has 0 saturated carbocycles. The molecule has 0 bridgehead atoms. The molecule has 2 heterocycles. The molecule has 7 nitrogen and oxygen atoms in total.